The first-order chi connectivity index (χ1) is 7.85. The molecule has 96 valence electrons. The van der Waals surface area contributed by atoms with Crippen LogP contribution in [0.3, 0.4) is 0 Å². The molecule has 1 aromatic heterocycles. The molecule has 0 amide bonds. The quantitative estimate of drug-likeness (QED) is 0.778. The zero-order valence-corrected chi connectivity index (χ0v) is 10.5. The molecule has 0 aliphatic heterocycles. The average molecular weight is 241 g/mol. The normalized spacial score (nSPS) is 11.8. The van der Waals surface area contributed by atoms with Crippen LogP contribution in [0.25, 0.3) is 0 Å². The summed E-state index contributed by atoms with van der Waals surface area (Å²) >= 11 is 0. The minimum Gasteiger partial charge on any atom is -0.476 e. The Morgan fingerprint density at radius 2 is 2.12 bits per heavy atom. The number of carboxylic acids is 1. The molecule has 0 aliphatic carbocycles. The van der Waals surface area contributed by atoms with Crippen molar-refractivity contribution in [2.24, 2.45) is 0 Å². The number of hydrogen-bond donors (Lipinski definition) is 2. The van der Waals surface area contributed by atoms with E-state index in [0.717, 1.165) is 6.42 Å². The molecule has 0 fully saturated rings. The van der Waals surface area contributed by atoms with Gasteiger partial charge in [-0.3, -0.25) is 0 Å². The number of aliphatic hydroxyl groups is 1. The van der Waals surface area contributed by atoms with E-state index in [1.807, 2.05) is 6.92 Å². The maximum absolute atomic E-state index is 10.9. The van der Waals surface area contributed by atoms with Gasteiger partial charge in [0, 0.05) is 6.54 Å². The maximum Gasteiger partial charge on any atom is 0.358 e. The van der Waals surface area contributed by atoms with Crippen molar-refractivity contribution in [1.29, 1.82) is 0 Å². The summed E-state index contributed by atoms with van der Waals surface area (Å²) in [4.78, 5) is 10.9. The molecular weight excluding hydrogens is 222 g/mol. The Labute approximate surface area is 100 Å². The number of nitrogens with zero attached hydrogens (tertiary/aromatic N) is 3. The van der Waals surface area contributed by atoms with Crippen molar-refractivity contribution < 1.29 is 15.0 Å². The molecular formula is C11H19N3O3. The second-order valence-corrected chi connectivity index (χ2v) is 4.73. The molecule has 0 saturated carbocycles. The Morgan fingerprint density at radius 3 is 2.59 bits per heavy atom. The van der Waals surface area contributed by atoms with Gasteiger partial charge in [0.05, 0.1) is 11.3 Å². The van der Waals surface area contributed by atoms with Crippen LogP contribution in [0.4, 0.5) is 0 Å². The zero-order valence-electron chi connectivity index (χ0n) is 10.5. The number of aromatic carboxylic acids is 1. The zero-order chi connectivity index (χ0) is 13.1. The van der Waals surface area contributed by atoms with E-state index in [0.29, 0.717) is 25.1 Å². The molecule has 1 heterocycles. The third-order valence-electron chi connectivity index (χ3n) is 2.46. The van der Waals surface area contributed by atoms with Crippen LogP contribution in [-0.2, 0) is 13.0 Å². The molecule has 17 heavy (non-hydrogen) atoms. The van der Waals surface area contributed by atoms with Crippen LogP contribution in [0.1, 0.15) is 49.8 Å². The highest BCUT2D eigenvalue weighted by Crippen LogP contribution is 2.13. The van der Waals surface area contributed by atoms with E-state index >= 15 is 0 Å². The largest absolute Gasteiger partial charge is 0.476 e. The molecule has 0 radical (unpaired) electrons. The van der Waals surface area contributed by atoms with Crippen LogP contribution < -0.4 is 0 Å². The summed E-state index contributed by atoms with van der Waals surface area (Å²) in [5.41, 5.74) is -0.148. The monoisotopic (exact) mass is 241 g/mol. The molecule has 2 N–H and O–H groups in total. The lowest BCUT2D eigenvalue weighted by molar-refractivity contribution is 0.0646. The molecule has 1 aromatic rings. The molecule has 1 rings (SSSR count). The summed E-state index contributed by atoms with van der Waals surface area (Å²) in [7, 11) is 0. The Balaban J connectivity index is 2.88. The van der Waals surface area contributed by atoms with E-state index in [2.05, 4.69) is 10.3 Å². The van der Waals surface area contributed by atoms with Crippen LogP contribution in [0, 0.1) is 0 Å². The number of hydrogen-bond acceptors (Lipinski definition) is 4. The van der Waals surface area contributed by atoms with E-state index in [1.54, 1.807) is 18.5 Å². The molecule has 6 nitrogen and oxygen atoms in total. The number of carbonyl (C=O) groups is 1. The topological polar surface area (TPSA) is 88.2 Å². The van der Waals surface area contributed by atoms with Crippen LogP contribution in [0.15, 0.2) is 0 Å². The van der Waals surface area contributed by atoms with Gasteiger partial charge < -0.3 is 10.2 Å². The third-order valence-corrected chi connectivity index (χ3v) is 2.46. The first-order valence-electron chi connectivity index (χ1n) is 5.73. The summed E-state index contributed by atoms with van der Waals surface area (Å²) in [6.45, 7) is 5.86. The summed E-state index contributed by atoms with van der Waals surface area (Å²) < 4.78 is 1.57. The molecule has 0 atom stereocenters. The van der Waals surface area contributed by atoms with Crippen LogP contribution >= 0.6 is 0 Å². The number of aryl methyl sites for hydroxylation is 1. The fourth-order valence-corrected chi connectivity index (χ4v) is 1.54. The van der Waals surface area contributed by atoms with Crippen molar-refractivity contribution in [3.8, 4) is 0 Å². The van der Waals surface area contributed by atoms with Crippen molar-refractivity contribution in [2.45, 2.75) is 52.2 Å². The van der Waals surface area contributed by atoms with Gasteiger partial charge in [-0.1, -0.05) is 18.6 Å². The van der Waals surface area contributed by atoms with Gasteiger partial charge in [0.2, 0.25) is 0 Å². The summed E-state index contributed by atoms with van der Waals surface area (Å²) in [5, 5.41) is 26.1. The van der Waals surface area contributed by atoms with Gasteiger partial charge in [-0.05, 0) is 26.7 Å². The van der Waals surface area contributed by atoms with E-state index in [9.17, 15) is 9.90 Å². The lowest BCUT2D eigenvalue weighted by Gasteiger charge is -2.17. The van der Waals surface area contributed by atoms with Gasteiger partial charge in [-0.25, -0.2) is 9.48 Å². The molecule has 0 bridgehead atoms. The lowest BCUT2D eigenvalue weighted by atomic mass is 10.1. The van der Waals surface area contributed by atoms with Crippen molar-refractivity contribution in [3.63, 3.8) is 0 Å². The first-order valence-corrected chi connectivity index (χ1v) is 5.73. The van der Waals surface area contributed by atoms with Gasteiger partial charge >= 0.3 is 5.97 Å². The molecule has 0 spiro atoms. The molecule has 0 aromatic carbocycles. The fraction of sp³-hybridized carbons (Fsp3) is 0.727. The summed E-state index contributed by atoms with van der Waals surface area (Å²) in [6.07, 6.45) is 1.96. The predicted molar refractivity (Wildman–Crippen MR) is 61.9 cm³/mol. The highest BCUT2D eigenvalue weighted by Gasteiger charge is 2.20. The second-order valence-electron chi connectivity index (χ2n) is 4.73. The van der Waals surface area contributed by atoms with Crippen LogP contribution in [0.2, 0.25) is 0 Å². The highest BCUT2D eigenvalue weighted by atomic mass is 16.4. The average Bonchev–Trinajstić information content (AvgIpc) is 2.58. The van der Waals surface area contributed by atoms with Gasteiger partial charge in [0.25, 0.3) is 0 Å². The Hall–Kier alpha value is -1.43. The van der Waals surface area contributed by atoms with Crippen molar-refractivity contribution in [2.75, 3.05) is 0 Å². The standard InChI is InChI=1S/C11H19N3O3/c1-4-5-8-9(10(15)16)12-13-14(8)7-6-11(2,3)17/h17H,4-7H2,1-3H3,(H,15,16). The van der Waals surface area contributed by atoms with Crippen molar-refractivity contribution in [1.82, 2.24) is 15.0 Å². The minimum absolute atomic E-state index is 0.0163. The fourth-order valence-electron chi connectivity index (χ4n) is 1.54. The van der Waals surface area contributed by atoms with Crippen LogP contribution in [-0.4, -0.2) is 36.8 Å². The van der Waals surface area contributed by atoms with Gasteiger partial charge in [-0.2, -0.15) is 0 Å². The van der Waals surface area contributed by atoms with Crippen molar-refractivity contribution >= 4 is 5.97 Å². The maximum atomic E-state index is 10.9. The number of rotatable bonds is 6. The van der Waals surface area contributed by atoms with Gasteiger partial charge in [0.15, 0.2) is 5.69 Å². The molecule has 6 heteroatoms. The van der Waals surface area contributed by atoms with E-state index in [1.165, 1.54) is 0 Å². The first kappa shape index (κ1) is 13.6. The molecule has 0 saturated heterocycles. The van der Waals surface area contributed by atoms with Gasteiger partial charge in [-0.15, -0.1) is 5.10 Å². The summed E-state index contributed by atoms with van der Waals surface area (Å²) in [5.74, 6) is -1.05. The van der Waals surface area contributed by atoms with Crippen molar-refractivity contribution in [3.05, 3.63) is 11.4 Å². The lowest BCUT2D eigenvalue weighted by Crippen LogP contribution is -2.22. The Bertz CT molecular complexity index is 393. The highest BCUT2D eigenvalue weighted by molar-refractivity contribution is 5.86. The van der Waals surface area contributed by atoms with E-state index in [-0.39, 0.29) is 5.69 Å². The van der Waals surface area contributed by atoms with Crippen LogP contribution in [0.5, 0.6) is 0 Å². The number of aromatic nitrogens is 3. The third kappa shape index (κ3) is 3.81. The second kappa shape index (κ2) is 5.27. The van der Waals surface area contributed by atoms with E-state index in [4.69, 9.17) is 5.11 Å². The molecule has 0 unspecified atom stereocenters. The summed E-state index contributed by atoms with van der Waals surface area (Å²) in [6, 6.07) is 0. The Morgan fingerprint density at radius 1 is 1.47 bits per heavy atom. The van der Waals surface area contributed by atoms with E-state index < -0.39 is 11.6 Å². The minimum atomic E-state index is -1.05. The Kier molecular flexibility index (Phi) is 4.22. The SMILES string of the molecule is CCCc1c(C(=O)O)nnn1CCC(C)(C)O. The number of carboxylic acid groups (broad SMARTS) is 1. The predicted octanol–water partition coefficient (Wildman–Crippen LogP) is 1.09. The van der Waals surface area contributed by atoms with Gasteiger partial charge in [0.1, 0.15) is 0 Å². The smallest absolute Gasteiger partial charge is 0.358 e. The molecule has 0 aliphatic rings.